The second-order valence-corrected chi connectivity index (χ2v) is 12.3. The van der Waals surface area contributed by atoms with E-state index >= 15 is 0 Å². The fourth-order valence-electron chi connectivity index (χ4n) is 5.24. The molecule has 0 saturated carbocycles. The monoisotopic (exact) mass is 644 g/mol. The van der Waals surface area contributed by atoms with Crippen LogP contribution in [0.25, 0.3) is 27.6 Å². The largest absolute Gasteiger partial charge is 0.352 e. The molecule has 0 bridgehead atoms. The van der Waals surface area contributed by atoms with Gasteiger partial charge in [-0.2, -0.15) is 0 Å². The standard InChI is InChI=1S/C36H36N8O2S/c1-43(2)19-7-6-17-37-34(46)27-13-9-15-29(24-27)40-35-38-18-16-30(41-35)33-32(42-36-44(33)20-21-47-36)26-12-8-14-28(23-26)39-31(45)22-25-10-4-3-5-11-25/h3-5,8-16,18,20-21,23-24H,6-7,17,19,22H2,1-2H3,(H,37,46)(H,39,45)(H,38,40,41). The number of carbonyl (C=O) groups excluding carboxylic acids is 2. The zero-order valence-corrected chi connectivity index (χ0v) is 27.1. The van der Waals surface area contributed by atoms with Crippen molar-refractivity contribution in [3.8, 4) is 22.6 Å². The Labute approximate surface area is 277 Å². The number of amides is 2. The van der Waals surface area contributed by atoms with Crippen molar-refractivity contribution >= 4 is 45.4 Å². The maximum atomic E-state index is 12.8. The van der Waals surface area contributed by atoms with Crippen LogP contribution in [0.2, 0.25) is 0 Å². The molecule has 3 N–H and O–H groups in total. The molecule has 0 aliphatic heterocycles. The molecule has 0 aliphatic carbocycles. The molecule has 11 heteroatoms. The van der Waals surface area contributed by atoms with Crippen molar-refractivity contribution in [1.29, 1.82) is 0 Å². The molecule has 6 aromatic rings. The van der Waals surface area contributed by atoms with Gasteiger partial charge in [-0.25, -0.2) is 15.0 Å². The van der Waals surface area contributed by atoms with Crippen molar-refractivity contribution < 1.29 is 9.59 Å². The number of anilines is 3. The van der Waals surface area contributed by atoms with Crippen LogP contribution < -0.4 is 16.0 Å². The van der Waals surface area contributed by atoms with Gasteiger partial charge in [0.25, 0.3) is 5.91 Å². The molecule has 0 aliphatic rings. The fraction of sp³-hybridized carbons (Fsp3) is 0.194. The summed E-state index contributed by atoms with van der Waals surface area (Å²) < 4.78 is 2.01. The van der Waals surface area contributed by atoms with Gasteiger partial charge in [-0.1, -0.05) is 48.5 Å². The highest BCUT2D eigenvalue weighted by Crippen LogP contribution is 2.35. The Balaban J connectivity index is 1.20. The van der Waals surface area contributed by atoms with E-state index in [-0.39, 0.29) is 18.2 Å². The molecule has 10 nitrogen and oxygen atoms in total. The Morgan fingerprint density at radius 2 is 1.72 bits per heavy atom. The third-order valence-corrected chi connectivity index (χ3v) is 8.24. The number of thiazole rings is 1. The van der Waals surface area contributed by atoms with Crippen molar-refractivity contribution in [3.05, 3.63) is 114 Å². The number of nitrogens with zero attached hydrogens (tertiary/aromatic N) is 5. The molecule has 0 atom stereocenters. The summed E-state index contributed by atoms with van der Waals surface area (Å²) in [5.74, 6) is 0.185. The topological polar surface area (TPSA) is 117 Å². The number of unbranched alkanes of at least 4 members (excludes halogenated alkanes) is 1. The van der Waals surface area contributed by atoms with Gasteiger partial charge in [0, 0.05) is 46.8 Å². The number of hydrogen-bond donors (Lipinski definition) is 3. The zero-order valence-electron chi connectivity index (χ0n) is 26.3. The molecule has 3 heterocycles. The van der Waals surface area contributed by atoms with Crippen molar-refractivity contribution in [2.24, 2.45) is 0 Å². The van der Waals surface area contributed by atoms with Gasteiger partial charge >= 0.3 is 0 Å². The average molecular weight is 645 g/mol. The first kappa shape index (κ1) is 31.6. The van der Waals surface area contributed by atoms with Crippen LogP contribution in [0.3, 0.4) is 0 Å². The number of rotatable bonds is 13. The first-order valence-corrected chi connectivity index (χ1v) is 16.3. The van der Waals surface area contributed by atoms with E-state index < -0.39 is 0 Å². The predicted molar refractivity (Wildman–Crippen MR) is 188 cm³/mol. The lowest BCUT2D eigenvalue weighted by Gasteiger charge is -2.11. The maximum Gasteiger partial charge on any atom is 0.251 e. The van der Waals surface area contributed by atoms with Gasteiger partial charge in [0.15, 0.2) is 4.96 Å². The van der Waals surface area contributed by atoms with E-state index in [9.17, 15) is 9.59 Å². The Morgan fingerprint density at radius 1 is 0.894 bits per heavy atom. The lowest BCUT2D eigenvalue weighted by Crippen LogP contribution is -2.25. The molecular formula is C36H36N8O2S. The molecule has 238 valence electrons. The third kappa shape index (κ3) is 8.07. The van der Waals surface area contributed by atoms with Crippen LogP contribution in [0.15, 0.2) is 103 Å². The van der Waals surface area contributed by atoms with Crippen LogP contribution in [0.5, 0.6) is 0 Å². The highest BCUT2D eigenvalue weighted by molar-refractivity contribution is 7.15. The summed E-state index contributed by atoms with van der Waals surface area (Å²) in [6.07, 6.45) is 5.90. The smallest absolute Gasteiger partial charge is 0.251 e. The Morgan fingerprint density at radius 3 is 2.57 bits per heavy atom. The average Bonchev–Trinajstić information content (AvgIpc) is 3.67. The molecule has 47 heavy (non-hydrogen) atoms. The molecule has 0 saturated heterocycles. The van der Waals surface area contributed by atoms with E-state index in [0.717, 1.165) is 46.9 Å². The summed E-state index contributed by atoms with van der Waals surface area (Å²) in [7, 11) is 4.09. The number of hydrogen-bond acceptors (Lipinski definition) is 8. The van der Waals surface area contributed by atoms with Gasteiger partial charge in [-0.15, -0.1) is 11.3 Å². The number of nitrogens with one attached hydrogen (secondary N) is 3. The molecule has 0 spiro atoms. The van der Waals surface area contributed by atoms with Crippen LogP contribution >= 0.6 is 11.3 Å². The van der Waals surface area contributed by atoms with Crippen molar-refractivity contribution in [2.45, 2.75) is 19.3 Å². The normalized spacial score (nSPS) is 11.1. The molecule has 0 radical (unpaired) electrons. The van der Waals surface area contributed by atoms with Gasteiger partial charge < -0.3 is 20.9 Å². The fourth-order valence-corrected chi connectivity index (χ4v) is 5.95. The van der Waals surface area contributed by atoms with Gasteiger partial charge in [0.1, 0.15) is 5.69 Å². The van der Waals surface area contributed by atoms with Gasteiger partial charge in [-0.05, 0) is 75.4 Å². The van der Waals surface area contributed by atoms with E-state index in [1.165, 1.54) is 11.3 Å². The Hall–Kier alpha value is -5.39. The molecule has 0 fully saturated rings. The number of aromatic nitrogens is 4. The Kier molecular flexibility index (Phi) is 9.95. The van der Waals surface area contributed by atoms with Crippen molar-refractivity contribution in [3.63, 3.8) is 0 Å². The second-order valence-electron chi connectivity index (χ2n) is 11.4. The summed E-state index contributed by atoms with van der Waals surface area (Å²) in [4.78, 5) is 42.8. The molecule has 3 aromatic heterocycles. The zero-order chi connectivity index (χ0) is 32.6. The molecular weight excluding hydrogens is 609 g/mol. The number of carbonyl (C=O) groups is 2. The second kappa shape index (κ2) is 14.8. The molecule has 0 unspecified atom stereocenters. The summed E-state index contributed by atoms with van der Waals surface area (Å²) in [5, 5.41) is 11.3. The summed E-state index contributed by atoms with van der Waals surface area (Å²) in [6, 6.07) is 26.5. The minimum Gasteiger partial charge on any atom is -0.352 e. The lowest BCUT2D eigenvalue weighted by atomic mass is 10.1. The molecule has 2 amide bonds. The van der Waals surface area contributed by atoms with Gasteiger partial charge in [-0.3, -0.25) is 14.0 Å². The van der Waals surface area contributed by atoms with E-state index in [0.29, 0.717) is 35.1 Å². The van der Waals surface area contributed by atoms with Crippen LogP contribution in [0.4, 0.5) is 17.3 Å². The number of benzene rings is 3. The lowest BCUT2D eigenvalue weighted by molar-refractivity contribution is -0.115. The highest BCUT2D eigenvalue weighted by atomic mass is 32.1. The minimum atomic E-state index is -0.115. The van der Waals surface area contributed by atoms with Gasteiger partial charge in [0.2, 0.25) is 11.9 Å². The van der Waals surface area contributed by atoms with E-state index in [1.807, 2.05) is 103 Å². The van der Waals surface area contributed by atoms with E-state index in [1.54, 1.807) is 18.3 Å². The summed E-state index contributed by atoms with van der Waals surface area (Å²) >= 11 is 1.53. The quantitative estimate of drug-likeness (QED) is 0.123. The SMILES string of the molecule is CN(C)CCCCNC(=O)c1cccc(Nc2nccc(-c3c(-c4cccc(NC(=O)Cc5ccccc5)c4)nc4sccn34)n2)c1. The van der Waals surface area contributed by atoms with Crippen LogP contribution in [0, 0.1) is 0 Å². The highest BCUT2D eigenvalue weighted by Gasteiger charge is 2.19. The van der Waals surface area contributed by atoms with Crippen LogP contribution in [-0.4, -0.2) is 63.3 Å². The van der Waals surface area contributed by atoms with Gasteiger partial charge in [0.05, 0.1) is 17.8 Å². The number of imidazole rings is 1. The summed E-state index contributed by atoms with van der Waals surface area (Å²) in [5.41, 5.74) is 5.98. The van der Waals surface area contributed by atoms with Crippen LogP contribution in [-0.2, 0) is 11.2 Å². The maximum absolute atomic E-state index is 12.8. The third-order valence-electron chi connectivity index (χ3n) is 7.49. The minimum absolute atomic E-state index is 0.0903. The van der Waals surface area contributed by atoms with Crippen molar-refractivity contribution in [2.75, 3.05) is 37.8 Å². The predicted octanol–water partition coefficient (Wildman–Crippen LogP) is 6.52. The first-order chi connectivity index (χ1) is 22.9. The van der Waals surface area contributed by atoms with E-state index in [4.69, 9.17) is 9.97 Å². The molecule has 3 aromatic carbocycles. The van der Waals surface area contributed by atoms with Crippen LogP contribution in [0.1, 0.15) is 28.8 Å². The van der Waals surface area contributed by atoms with Crippen molar-refractivity contribution in [1.82, 2.24) is 29.6 Å². The Bertz CT molecular complexity index is 1990. The summed E-state index contributed by atoms with van der Waals surface area (Å²) in [6.45, 7) is 1.62. The first-order valence-electron chi connectivity index (χ1n) is 15.5. The van der Waals surface area contributed by atoms with E-state index in [2.05, 4.69) is 25.8 Å². The molecule has 6 rings (SSSR count). The number of fused-ring (bicyclic) bond motifs is 1.